The lowest BCUT2D eigenvalue weighted by Crippen LogP contribution is -1.95. The lowest BCUT2D eigenvalue weighted by Gasteiger charge is -1.86. The fourth-order valence-corrected chi connectivity index (χ4v) is 0.347. The molecule has 0 saturated heterocycles. The summed E-state index contributed by atoms with van der Waals surface area (Å²) in [5, 5.41) is 2.55. The monoisotopic (exact) mass is 115 g/mol. The molecule has 0 saturated carbocycles. The Bertz CT molecular complexity index is 90.4. The standard InChI is InChI=1S/C5H9NO2/c1-2-5(7)3-4-6-8/h2-4H2,1H3. The minimum atomic E-state index is 0.101. The van der Waals surface area contributed by atoms with E-state index in [1.54, 1.807) is 6.92 Å². The summed E-state index contributed by atoms with van der Waals surface area (Å²) in [7, 11) is 0. The molecular weight excluding hydrogens is 106 g/mol. The summed E-state index contributed by atoms with van der Waals surface area (Å²) in [4.78, 5) is 19.8. The van der Waals surface area contributed by atoms with Crippen molar-refractivity contribution in [2.75, 3.05) is 6.54 Å². The van der Waals surface area contributed by atoms with Crippen LogP contribution in [0, 0.1) is 4.91 Å². The summed E-state index contributed by atoms with van der Waals surface area (Å²) in [5.41, 5.74) is 0. The highest BCUT2D eigenvalue weighted by Gasteiger charge is 1.94. The number of hydrogen-bond acceptors (Lipinski definition) is 3. The Morgan fingerprint density at radius 1 is 1.62 bits per heavy atom. The van der Waals surface area contributed by atoms with E-state index >= 15 is 0 Å². The van der Waals surface area contributed by atoms with Gasteiger partial charge in [0.25, 0.3) is 0 Å². The van der Waals surface area contributed by atoms with E-state index in [4.69, 9.17) is 0 Å². The van der Waals surface area contributed by atoms with Crippen LogP contribution in [0.1, 0.15) is 19.8 Å². The summed E-state index contributed by atoms with van der Waals surface area (Å²) in [6.07, 6.45) is 0.815. The zero-order valence-electron chi connectivity index (χ0n) is 4.89. The number of carbonyl (C=O) groups excluding carboxylic acids is 1. The van der Waals surface area contributed by atoms with Gasteiger partial charge in [-0.05, 0) is 0 Å². The number of nitrogens with zero attached hydrogens (tertiary/aromatic N) is 1. The smallest absolute Gasteiger partial charge is 0.134 e. The molecule has 0 aromatic heterocycles. The van der Waals surface area contributed by atoms with Crippen molar-refractivity contribution in [3.05, 3.63) is 4.91 Å². The van der Waals surface area contributed by atoms with Crippen LogP contribution in [-0.2, 0) is 4.79 Å². The molecule has 0 bridgehead atoms. The van der Waals surface area contributed by atoms with Gasteiger partial charge in [-0.1, -0.05) is 12.1 Å². The highest BCUT2D eigenvalue weighted by Crippen LogP contribution is 1.87. The average molecular weight is 115 g/mol. The molecule has 0 aromatic rings. The average Bonchev–Trinajstić information content (AvgIpc) is 1.83. The molecule has 0 heterocycles. The number of rotatable bonds is 4. The Kier molecular flexibility index (Phi) is 4.03. The van der Waals surface area contributed by atoms with Gasteiger partial charge >= 0.3 is 0 Å². The molecule has 0 N–H and O–H groups in total. The normalized spacial score (nSPS) is 8.62. The van der Waals surface area contributed by atoms with Crippen molar-refractivity contribution in [3.8, 4) is 0 Å². The molecule has 0 aromatic carbocycles. The van der Waals surface area contributed by atoms with Gasteiger partial charge in [-0.25, -0.2) is 0 Å². The Balaban J connectivity index is 3.11. The second kappa shape index (κ2) is 4.43. The fraction of sp³-hybridized carbons (Fsp3) is 0.800. The van der Waals surface area contributed by atoms with Crippen LogP contribution < -0.4 is 0 Å². The Labute approximate surface area is 48.1 Å². The molecule has 0 amide bonds. The third-order valence-electron chi connectivity index (χ3n) is 0.876. The van der Waals surface area contributed by atoms with E-state index in [1.165, 1.54) is 0 Å². The van der Waals surface area contributed by atoms with Crippen molar-refractivity contribution in [1.82, 2.24) is 0 Å². The largest absolute Gasteiger partial charge is 0.300 e. The molecule has 0 aliphatic carbocycles. The van der Waals surface area contributed by atoms with Crippen molar-refractivity contribution < 1.29 is 4.79 Å². The first-order chi connectivity index (χ1) is 3.81. The van der Waals surface area contributed by atoms with E-state index in [9.17, 15) is 9.70 Å². The van der Waals surface area contributed by atoms with Crippen molar-refractivity contribution in [1.29, 1.82) is 0 Å². The van der Waals surface area contributed by atoms with Gasteiger partial charge in [0.05, 0.1) is 6.54 Å². The Morgan fingerprint density at radius 2 is 2.25 bits per heavy atom. The molecule has 0 atom stereocenters. The summed E-state index contributed by atoms with van der Waals surface area (Å²) in [6.45, 7) is 1.90. The van der Waals surface area contributed by atoms with Crippen LogP contribution in [0.2, 0.25) is 0 Å². The third-order valence-corrected chi connectivity index (χ3v) is 0.876. The maximum absolute atomic E-state index is 10.4. The van der Waals surface area contributed by atoms with Gasteiger partial charge in [-0.2, -0.15) is 4.91 Å². The number of carbonyl (C=O) groups is 1. The van der Waals surface area contributed by atoms with Crippen LogP contribution in [0.5, 0.6) is 0 Å². The lowest BCUT2D eigenvalue weighted by atomic mass is 10.2. The van der Waals surface area contributed by atoms with Crippen molar-refractivity contribution >= 4 is 5.78 Å². The first kappa shape index (κ1) is 7.27. The van der Waals surface area contributed by atoms with Crippen molar-refractivity contribution in [3.63, 3.8) is 0 Å². The molecule has 3 nitrogen and oxygen atoms in total. The lowest BCUT2D eigenvalue weighted by molar-refractivity contribution is -0.118. The highest BCUT2D eigenvalue weighted by atomic mass is 16.3. The molecule has 0 aliphatic rings. The molecular formula is C5H9NO2. The van der Waals surface area contributed by atoms with Gasteiger partial charge in [0, 0.05) is 12.8 Å². The summed E-state index contributed by atoms with van der Waals surface area (Å²) < 4.78 is 0. The quantitative estimate of drug-likeness (QED) is 0.515. The molecule has 0 rings (SSSR count). The molecule has 3 heteroatoms. The van der Waals surface area contributed by atoms with E-state index in [-0.39, 0.29) is 12.3 Å². The van der Waals surface area contributed by atoms with Crippen LogP contribution in [-0.4, -0.2) is 12.3 Å². The first-order valence-electron chi connectivity index (χ1n) is 2.62. The van der Waals surface area contributed by atoms with Gasteiger partial charge in [0.15, 0.2) is 0 Å². The molecule has 8 heavy (non-hydrogen) atoms. The van der Waals surface area contributed by atoms with Crippen LogP contribution >= 0.6 is 0 Å². The molecule has 46 valence electrons. The van der Waals surface area contributed by atoms with Crippen LogP contribution in [0.4, 0.5) is 0 Å². The van der Waals surface area contributed by atoms with Gasteiger partial charge in [-0.3, -0.25) is 4.79 Å². The van der Waals surface area contributed by atoms with Crippen LogP contribution in [0.3, 0.4) is 0 Å². The van der Waals surface area contributed by atoms with E-state index in [1.807, 2.05) is 0 Å². The maximum Gasteiger partial charge on any atom is 0.134 e. The SMILES string of the molecule is CCC(=O)CCN=O. The highest BCUT2D eigenvalue weighted by molar-refractivity contribution is 5.78. The van der Waals surface area contributed by atoms with Gasteiger partial charge in [0.1, 0.15) is 5.78 Å². The summed E-state index contributed by atoms with van der Waals surface area (Å²) in [6, 6.07) is 0. The predicted octanol–water partition coefficient (Wildman–Crippen LogP) is 1.12. The van der Waals surface area contributed by atoms with E-state index in [0.717, 1.165) is 0 Å². The number of ketones is 1. The molecule has 0 radical (unpaired) electrons. The zero-order valence-corrected chi connectivity index (χ0v) is 4.89. The third kappa shape index (κ3) is 3.46. The molecule has 0 fully saturated rings. The van der Waals surface area contributed by atoms with E-state index in [2.05, 4.69) is 5.18 Å². The second-order valence-electron chi connectivity index (χ2n) is 1.49. The van der Waals surface area contributed by atoms with E-state index in [0.29, 0.717) is 12.8 Å². The predicted molar refractivity (Wildman–Crippen MR) is 30.6 cm³/mol. The fourth-order valence-electron chi connectivity index (χ4n) is 0.347. The molecule has 0 spiro atoms. The summed E-state index contributed by atoms with van der Waals surface area (Å²) in [5.74, 6) is 0.101. The first-order valence-corrected chi connectivity index (χ1v) is 2.62. The topological polar surface area (TPSA) is 46.5 Å². The number of hydrogen-bond donors (Lipinski definition) is 0. The zero-order chi connectivity index (χ0) is 6.41. The number of Topliss-reactive ketones (excluding diaryl/α,β-unsaturated/α-hetero) is 1. The van der Waals surface area contributed by atoms with Gasteiger partial charge < -0.3 is 0 Å². The van der Waals surface area contributed by atoms with Crippen molar-refractivity contribution in [2.24, 2.45) is 5.18 Å². The molecule has 0 unspecified atom stereocenters. The maximum atomic E-state index is 10.4. The van der Waals surface area contributed by atoms with Crippen molar-refractivity contribution in [2.45, 2.75) is 19.8 Å². The second-order valence-corrected chi connectivity index (χ2v) is 1.49. The summed E-state index contributed by atoms with van der Waals surface area (Å²) >= 11 is 0. The minimum absolute atomic E-state index is 0.101. The van der Waals surface area contributed by atoms with Gasteiger partial charge in [0.2, 0.25) is 0 Å². The van der Waals surface area contributed by atoms with Crippen LogP contribution in [0.15, 0.2) is 5.18 Å². The van der Waals surface area contributed by atoms with Gasteiger partial charge in [-0.15, -0.1) is 0 Å². The Hall–Kier alpha value is -0.730. The van der Waals surface area contributed by atoms with Crippen LogP contribution in [0.25, 0.3) is 0 Å². The minimum Gasteiger partial charge on any atom is -0.300 e. The Morgan fingerprint density at radius 3 is 2.62 bits per heavy atom. The molecule has 0 aliphatic heterocycles. The van der Waals surface area contributed by atoms with E-state index < -0.39 is 0 Å². The number of nitroso groups, excluding NO2 is 1.